The summed E-state index contributed by atoms with van der Waals surface area (Å²) < 4.78 is 0. The molecule has 0 aromatic rings. The SMILES string of the molecule is CCCS.CCO. The van der Waals surface area contributed by atoms with E-state index >= 15 is 0 Å². The van der Waals surface area contributed by atoms with Crippen LogP contribution >= 0.6 is 12.6 Å². The summed E-state index contributed by atoms with van der Waals surface area (Å²) >= 11 is 3.92. The molecule has 0 saturated carbocycles. The summed E-state index contributed by atoms with van der Waals surface area (Å²) in [6, 6.07) is 0. The van der Waals surface area contributed by atoms with Gasteiger partial charge < -0.3 is 5.11 Å². The third kappa shape index (κ3) is 68.3. The van der Waals surface area contributed by atoms with E-state index in [1.165, 1.54) is 6.42 Å². The van der Waals surface area contributed by atoms with Crippen molar-refractivity contribution >= 4 is 12.6 Å². The Kier molecular flexibility index (Phi) is 23.9. The second-order valence-electron chi connectivity index (χ2n) is 1.04. The van der Waals surface area contributed by atoms with E-state index in [4.69, 9.17) is 5.11 Å². The van der Waals surface area contributed by atoms with Gasteiger partial charge in [-0.2, -0.15) is 12.6 Å². The van der Waals surface area contributed by atoms with Crippen molar-refractivity contribution in [2.24, 2.45) is 0 Å². The topological polar surface area (TPSA) is 20.2 Å². The van der Waals surface area contributed by atoms with Crippen molar-refractivity contribution < 1.29 is 5.11 Å². The fraction of sp³-hybridized carbons (Fsp3) is 1.00. The van der Waals surface area contributed by atoms with Crippen LogP contribution in [0.5, 0.6) is 0 Å². The first kappa shape index (κ1) is 10.3. The van der Waals surface area contributed by atoms with Crippen LogP contribution in [-0.4, -0.2) is 17.5 Å². The third-order valence-corrected chi connectivity index (χ3v) is 0.671. The molecule has 0 atom stereocenters. The Morgan fingerprint density at radius 1 is 1.43 bits per heavy atom. The molecule has 1 nitrogen and oxygen atoms in total. The zero-order valence-electron chi connectivity index (χ0n) is 5.02. The average molecular weight is 122 g/mol. The maximum atomic E-state index is 7.57. The fourth-order valence-corrected chi connectivity index (χ4v) is 0. The normalized spacial score (nSPS) is 6.86. The molecule has 0 unspecified atom stereocenters. The van der Waals surface area contributed by atoms with E-state index in [1.54, 1.807) is 6.92 Å². The van der Waals surface area contributed by atoms with Gasteiger partial charge in [-0.3, -0.25) is 0 Å². The molecule has 0 aromatic carbocycles. The van der Waals surface area contributed by atoms with Crippen LogP contribution in [0, 0.1) is 0 Å². The molecule has 0 amide bonds. The van der Waals surface area contributed by atoms with Crippen LogP contribution < -0.4 is 0 Å². The van der Waals surface area contributed by atoms with Gasteiger partial charge in [-0.15, -0.1) is 0 Å². The van der Waals surface area contributed by atoms with Gasteiger partial charge in [0, 0.05) is 6.61 Å². The smallest absolute Gasteiger partial charge is 0.0402 e. The summed E-state index contributed by atoms with van der Waals surface area (Å²) in [6.45, 7) is 4.03. The minimum absolute atomic E-state index is 0.250. The van der Waals surface area contributed by atoms with Gasteiger partial charge in [0.2, 0.25) is 0 Å². The first-order chi connectivity index (χ1) is 3.33. The Morgan fingerprint density at radius 2 is 1.57 bits per heavy atom. The number of rotatable bonds is 1. The van der Waals surface area contributed by atoms with E-state index in [2.05, 4.69) is 19.6 Å². The van der Waals surface area contributed by atoms with Crippen molar-refractivity contribution in [3.63, 3.8) is 0 Å². The van der Waals surface area contributed by atoms with Crippen molar-refractivity contribution in [3.8, 4) is 0 Å². The zero-order valence-corrected chi connectivity index (χ0v) is 5.91. The van der Waals surface area contributed by atoms with E-state index in [0.717, 1.165) is 5.75 Å². The number of aliphatic hydroxyl groups excluding tert-OH is 1. The maximum absolute atomic E-state index is 7.57. The predicted molar refractivity (Wildman–Crippen MR) is 36.9 cm³/mol. The second kappa shape index (κ2) is 16.2. The summed E-state index contributed by atoms with van der Waals surface area (Å²) in [5.41, 5.74) is 0. The Bertz CT molecular complexity index is 15.6. The zero-order chi connectivity index (χ0) is 6.12. The second-order valence-corrected chi connectivity index (χ2v) is 1.49. The molecule has 0 aliphatic heterocycles. The van der Waals surface area contributed by atoms with Gasteiger partial charge >= 0.3 is 0 Å². The molecule has 1 N–H and O–H groups in total. The molecule has 0 radical (unpaired) electrons. The van der Waals surface area contributed by atoms with Gasteiger partial charge in [0.25, 0.3) is 0 Å². The molecule has 2 heteroatoms. The van der Waals surface area contributed by atoms with Gasteiger partial charge in [0.1, 0.15) is 0 Å². The summed E-state index contributed by atoms with van der Waals surface area (Å²) in [5.74, 6) is 1.01. The highest BCUT2D eigenvalue weighted by molar-refractivity contribution is 7.80. The van der Waals surface area contributed by atoms with Crippen molar-refractivity contribution in [2.45, 2.75) is 20.3 Å². The van der Waals surface area contributed by atoms with Gasteiger partial charge in [-0.05, 0) is 19.1 Å². The lowest BCUT2D eigenvalue weighted by Gasteiger charge is -1.67. The number of aliphatic hydroxyl groups is 1. The lowest BCUT2D eigenvalue weighted by atomic mass is 10.6. The highest BCUT2D eigenvalue weighted by Crippen LogP contribution is 1.74. The van der Waals surface area contributed by atoms with E-state index < -0.39 is 0 Å². The van der Waals surface area contributed by atoms with Gasteiger partial charge in [-0.25, -0.2) is 0 Å². The van der Waals surface area contributed by atoms with E-state index in [-0.39, 0.29) is 6.61 Å². The van der Waals surface area contributed by atoms with Crippen LogP contribution in [0.4, 0.5) is 0 Å². The molecule has 0 spiro atoms. The van der Waals surface area contributed by atoms with Crippen LogP contribution in [0.3, 0.4) is 0 Å². The van der Waals surface area contributed by atoms with Crippen LogP contribution in [0.15, 0.2) is 0 Å². The highest BCUT2D eigenvalue weighted by atomic mass is 32.1. The summed E-state index contributed by atoms with van der Waals surface area (Å²) in [6.07, 6.45) is 1.18. The van der Waals surface area contributed by atoms with Crippen LogP contribution in [-0.2, 0) is 0 Å². The molecule has 0 saturated heterocycles. The van der Waals surface area contributed by atoms with E-state index in [0.29, 0.717) is 0 Å². The molecular weight excluding hydrogens is 108 g/mol. The molecule has 46 valence electrons. The van der Waals surface area contributed by atoms with Crippen LogP contribution in [0.2, 0.25) is 0 Å². The van der Waals surface area contributed by atoms with E-state index in [1.807, 2.05) is 0 Å². The number of hydrogen-bond acceptors (Lipinski definition) is 2. The average Bonchev–Trinajstić information content (AvgIpc) is 1.69. The number of hydrogen-bond donors (Lipinski definition) is 2. The van der Waals surface area contributed by atoms with Crippen molar-refractivity contribution in [1.29, 1.82) is 0 Å². The van der Waals surface area contributed by atoms with Gasteiger partial charge in [0.15, 0.2) is 0 Å². The highest BCUT2D eigenvalue weighted by Gasteiger charge is 1.57. The summed E-state index contributed by atoms with van der Waals surface area (Å²) in [5, 5.41) is 7.57. The summed E-state index contributed by atoms with van der Waals surface area (Å²) in [7, 11) is 0. The fourth-order valence-electron chi connectivity index (χ4n) is 0. The predicted octanol–water partition coefficient (Wildman–Crippen LogP) is 1.32. The largest absolute Gasteiger partial charge is 0.397 e. The summed E-state index contributed by atoms with van der Waals surface area (Å²) in [4.78, 5) is 0. The van der Waals surface area contributed by atoms with Gasteiger partial charge in [0.05, 0.1) is 0 Å². The van der Waals surface area contributed by atoms with Crippen molar-refractivity contribution in [3.05, 3.63) is 0 Å². The quantitative estimate of drug-likeness (QED) is 0.503. The first-order valence-electron chi connectivity index (χ1n) is 2.55. The molecule has 0 bridgehead atoms. The molecule has 0 fully saturated rings. The van der Waals surface area contributed by atoms with Crippen LogP contribution in [0.25, 0.3) is 0 Å². The van der Waals surface area contributed by atoms with Crippen molar-refractivity contribution in [2.75, 3.05) is 12.4 Å². The Hall–Kier alpha value is 0.310. The molecule has 7 heavy (non-hydrogen) atoms. The van der Waals surface area contributed by atoms with E-state index in [9.17, 15) is 0 Å². The molecule has 0 heterocycles. The Labute approximate surface area is 51.2 Å². The maximum Gasteiger partial charge on any atom is 0.0402 e. The monoisotopic (exact) mass is 122 g/mol. The number of thiol groups is 1. The molecule has 0 aliphatic rings. The van der Waals surface area contributed by atoms with Crippen molar-refractivity contribution in [1.82, 2.24) is 0 Å². The molecule has 0 aromatic heterocycles. The van der Waals surface area contributed by atoms with Crippen LogP contribution in [0.1, 0.15) is 20.3 Å². The first-order valence-corrected chi connectivity index (χ1v) is 3.18. The molecular formula is C5H14OS. The third-order valence-electron chi connectivity index (χ3n) is 0.224. The lowest BCUT2D eigenvalue weighted by Crippen LogP contribution is -1.57. The molecule has 0 aliphatic carbocycles. The lowest BCUT2D eigenvalue weighted by molar-refractivity contribution is 0.318. The Balaban J connectivity index is 0. The van der Waals surface area contributed by atoms with Gasteiger partial charge in [-0.1, -0.05) is 6.92 Å². The Morgan fingerprint density at radius 3 is 1.57 bits per heavy atom. The standard InChI is InChI=1S/C3H8S.C2H6O/c1-2-3-4;1-2-3/h4H,2-3H2,1H3;3H,2H2,1H3. The minimum atomic E-state index is 0.250. The molecule has 0 rings (SSSR count). The minimum Gasteiger partial charge on any atom is -0.397 e.